The average molecular weight is 225 g/mol. The van der Waals surface area contributed by atoms with Gasteiger partial charge in [0, 0.05) is 29.8 Å². The second-order valence-corrected chi connectivity index (χ2v) is 3.38. The molecule has 7 nitrogen and oxygen atoms in total. The van der Waals surface area contributed by atoms with Crippen LogP contribution in [0.15, 0.2) is 17.5 Å². The first-order valence-electron chi connectivity index (χ1n) is 5.08. The maximum absolute atomic E-state index is 9.76. The highest BCUT2D eigenvalue weighted by atomic mass is 16.3. The molecule has 2 unspecified atom stereocenters. The first-order chi connectivity index (χ1) is 7.69. The summed E-state index contributed by atoms with van der Waals surface area (Å²) in [6.45, 7) is 2.80. The Bertz CT molecular complexity index is 372. The summed E-state index contributed by atoms with van der Waals surface area (Å²) in [6, 6.07) is 0. The van der Waals surface area contributed by atoms with Gasteiger partial charge in [-0.15, -0.1) is 0 Å². The number of rotatable bonds is 6. The van der Waals surface area contributed by atoms with Crippen molar-refractivity contribution in [2.24, 2.45) is 5.11 Å². The molecule has 1 heterocycles. The SMILES string of the molecule is CCn1cc(C(O)C(O)CCN=[N+]=[N-])cn1. The quantitative estimate of drug-likeness (QED) is 0.428. The van der Waals surface area contributed by atoms with Crippen LogP contribution in [0.5, 0.6) is 0 Å². The number of aromatic nitrogens is 2. The summed E-state index contributed by atoms with van der Waals surface area (Å²) in [5.41, 5.74) is 8.64. The second kappa shape index (κ2) is 6.12. The van der Waals surface area contributed by atoms with Crippen LogP contribution in [0, 0.1) is 0 Å². The third kappa shape index (κ3) is 3.23. The van der Waals surface area contributed by atoms with Gasteiger partial charge >= 0.3 is 0 Å². The smallest absolute Gasteiger partial charge is 0.108 e. The van der Waals surface area contributed by atoms with Crippen LogP contribution in [0.25, 0.3) is 10.4 Å². The molecule has 0 radical (unpaired) electrons. The number of aliphatic hydroxyl groups excluding tert-OH is 2. The number of aryl methyl sites for hydroxylation is 1. The van der Waals surface area contributed by atoms with Crippen LogP contribution in [0.2, 0.25) is 0 Å². The molecule has 1 aromatic rings. The van der Waals surface area contributed by atoms with E-state index in [1.165, 1.54) is 6.20 Å². The Kier molecular flexibility index (Phi) is 4.78. The molecule has 0 fully saturated rings. The van der Waals surface area contributed by atoms with Crippen molar-refractivity contribution in [3.63, 3.8) is 0 Å². The Morgan fingerprint density at radius 1 is 1.62 bits per heavy atom. The topological polar surface area (TPSA) is 107 Å². The highest BCUT2D eigenvalue weighted by molar-refractivity contribution is 5.09. The van der Waals surface area contributed by atoms with Gasteiger partial charge in [-0.25, -0.2) is 0 Å². The Hall–Kier alpha value is -1.56. The van der Waals surface area contributed by atoms with Gasteiger partial charge in [0.2, 0.25) is 0 Å². The molecule has 2 N–H and O–H groups in total. The summed E-state index contributed by atoms with van der Waals surface area (Å²) < 4.78 is 1.67. The van der Waals surface area contributed by atoms with Gasteiger partial charge in [-0.2, -0.15) is 5.10 Å². The second-order valence-electron chi connectivity index (χ2n) is 3.38. The van der Waals surface area contributed by atoms with Gasteiger partial charge in [0.25, 0.3) is 0 Å². The Balaban J connectivity index is 2.55. The predicted octanol–water partition coefficient (Wildman–Crippen LogP) is 0.998. The zero-order chi connectivity index (χ0) is 12.0. The van der Waals surface area contributed by atoms with E-state index in [9.17, 15) is 10.2 Å². The molecule has 0 aliphatic rings. The van der Waals surface area contributed by atoms with E-state index in [1.54, 1.807) is 10.9 Å². The minimum Gasteiger partial charge on any atom is -0.390 e. The third-order valence-corrected chi connectivity index (χ3v) is 2.27. The third-order valence-electron chi connectivity index (χ3n) is 2.27. The molecule has 0 bridgehead atoms. The zero-order valence-corrected chi connectivity index (χ0v) is 9.06. The maximum atomic E-state index is 9.76. The predicted molar refractivity (Wildman–Crippen MR) is 57.5 cm³/mol. The highest BCUT2D eigenvalue weighted by Gasteiger charge is 2.19. The highest BCUT2D eigenvalue weighted by Crippen LogP contribution is 2.18. The van der Waals surface area contributed by atoms with Crippen LogP contribution >= 0.6 is 0 Å². The van der Waals surface area contributed by atoms with Crippen molar-refractivity contribution in [2.75, 3.05) is 6.54 Å². The van der Waals surface area contributed by atoms with Crippen molar-refractivity contribution in [2.45, 2.75) is 32.1 Å². The van der Waals surface area contributed by atoms with Gasteiger partial charge in [-0.05, 0) is 18.9 Å². The zero-order valence-electron chi connectivity index (χ0n) is 9.06. The van der Waals surface area contributed by atoms with Crippen LogP contribution in [0.4, 0.5) is 0 Å². The van der Waals surface area contributed by atoms with E-state index in [-0.39, 0.29) is 13.0 Å². The first kappa shape index (κ1) is 12.5. The number of nitrogens with zero attached hydrogens (tertiary/aromatic N) is 5. The van der Waals surface area contributed by atoms with E-state index >= 15 is 0 Å². The molecule has 0 spiro atoms. The molecule has 0 aliphatic carbocycles. The van der Waals surface area contributed by atoms with E-state index in [0.717, 1.165) is 0 Å². The van der Waals surface area contributed by atoms with Crippen molar-refractivity contribution < 1.29 is 10.2 Å². The lowest BCUT2D eigenvalue weighted by atomic mass is 10.1. The van der Waals surface area contributed by atoms with Crippen molar-refractivity contribution >= 4 is 0 Å². The fourth-order valence-electron chi connectivity index (χ4n) is 1.32. The molecular formula is C9H15N5O2. The van der Waals surface area contributed by atoms with Crippen LogP contribution in [0.1, 0.15) is 25.0 Å². The monoisotopic (exact) mass is 225 g/mol. The molecule has 0 amide bonds. The molecule has 1 rings (SSSR count). The maximum Gasteiger partial charge on any atom is 0.108 e. The minimum atomic E-state index is -0.991. The summed E-state index contributed by atoms with van der Waals surface area (Å²) in [5.74, 6) is 0. The Labute approximate surface area is 93.0 Å². The van der Waals surface area contributed by atoms with E-state index in [1.807, 2.05) is 6.92 Å². The number of azide groups is 1. The number of hydrogen-bond acceptors (Lipinski definition) is 4. The van der Waals surface area contributed by atoms with Crippen molar-refractivity contribution in [1.29, 1.82) is 0 Å². The summed E-state index contributed by atoms with van der Waals surface area (Å²) in [7, 11) is 0. The van der Waals surface area contributed by atoms with E-state index < -0.39 is 12.2 Å². The van der Waals surface area contributed by atoms with Gasteiger partial charge in [0.15, 0.2) is 0 Å². The van der Waals surface area contributed by atoms with Gasteiger partial charge in [0.05, 0.1) is 12.3 Å². The first-order valence-corrected chi connectivity index (χ1v) is 5.08. The summed E-state index contributed by atoms with van der Waals surface area (Å²) in [6.07, 6.45) is 1.49. The lowest BCUT2D eigenvalue weighted by Crippen LogP contribution is -2.18. The lowest BCUT2D eigenvalue weighted by Gasteiger charge is -2.15. The molecule has 16 heavy (non-hydrogen) atoms. The normalized spacial score (nSPS) is 14.2. The molecule has 2 atom stereocenters. The van der Waals surface area contributed by atoms with Gasteiger partial charge < -0.3 is 10.2 Å². The Morgan fingerprint density at radius 3 is 2.94 bits per heavy atom. The lowest BCUT2D eigenvalue weighted by molar-refractivity contribution is 0.0150. The van der Waals surface area contributed by atoms with Crippen molar-refractivity contribution in [3.05, 3.63) is 28.4 Å². The average Bonchev–Trinajstić information content (AvgIpc) is 2.76. The summed E-state index contributed by atoms with van der Waals surface area (Å²) >= 11 is 0. The molecular weight excluding hydrogens is 210 g/mol. The van der Waals surface area contributed by atoms with Crippen LogP contribution in [-0.2, 0) is 6.54 Å². The number of aliphatic hydroxyl groups is 2. The van der Waals surface area contributed by atoms with Gasteiger partial charge in [-0.1, -0.05) is 5.11 Å². The van der Waals surface area contributed by atoms with E-state index in [4.69, 9.17) is 5.53 Å². The summed E-state index contributed by atoms with van der Waals surface area (Å²) in [4.78, 5) is 2.57. The molecule has 0 aliphatic heterocycles. The molecule has 0 aromatic carbocycles. The van der Waals surface area contributed by atoms with E-state index in [2.05, 4.69) is 15.1 Å². The minimum absolute atomic E-state index is 0.163. The molecule has 0 saturated carbocycles. The summed E-state index contributed by atoms with van der Waals surface area (Å²) in [5, 5.41) is 26.7. The molecule has 7 heteroatoms. The van der Waals surface area contributed by atoms with Crippen LogP contribution < -0.4 is 0 Å². The van der Waals surface area contributed by atoms with Crippen LogP contribution in [0.3, 0.4) is 0 Å². The fraction of sp³-hybridized carbons (Fsp3) is 0.667. The largest absolute Gasteiger partial charge is 0.390 e. The standard InChI is InChI=1S/C9H15N5O2/c1-2-14-6-7(5-12-14)9(16)8(15)3-4-11-13-10/h5-6,8-9,15-16H,2-4H2,1H3. The Morgan fingerprint density at radius 2 is 2.38 bits per heavy atom. The number of hydrogen-bond donors (Lipinski definition) is 2. The van der Waals surface area contributed by atoms with Gasteiger partial charge in [0.1, 0.15) is 6.10 Å². The van der Waals surface area contributed by atoms with Crippen molar-refractivity contribution in [1.82, 2.24) is 9.78 Å². The van der Waals surface area contributed by atoms with Crippen LogP contribution in [-0.4, -0.2) is 32.6 Å². The molecule has 0 saturated heterocycles. The molecule has 88 valence electrons. The molecule has 1 aromatic heterocycles. The van der Waals surface area contributed by atoms with E-state index in [0.29, 0.717) is 12.1 Å². The fourth-order valence-corrected chi connectivity index (χ4v) is 1.32. The van der Waals surface area contributed by atoms with Crippen molar-refractivity contribution in [3.8, 4) is 0 Å². The van der Waals surface area contributed by atoms with Gasteiger partial charge in [-0.3, -0.25) is 4.68 Å².